The Hall–Kier alpha value is -2.61. The van der Waals surface area contributed by atoms with E-state index in [2.05, 4.69) is 0 Å². The van der Waals surface area contributed by atoms with Crippen molar-refractivity contribution in [2.45, 2.75) is 6.61 Å². The van der Waals surface area contributed by atoms with Crippen molar-refractivity contribution in [1.29, 1.82) is 0 Å². The summed E-state index contributed by atoms with van der Waals surface area (Å²) in [7, 11) is 0. The minimum absolute atomic E-state index is 0.0193. The van der Waals surface area contributed by atoms with Crippen molar-refractivity contribution in [3.05, 3.63) is 59.7 Å². The Kier molecular flexibility index (Phi) is 9.12. The number of ether oxygens (including phenoxy) is 4. The third kappa shape index (κ3) is 8.08. The van der Waals surface area contributed by atoms with Crippen LogP contribution < -0.4 is 9.47 Å². The highest BCUT2D eigenvalue weighted by atomic mass is 16.6. The van der Waals surface area contributed by atoms with E-state index in [9.17, 15) is 4.79 Å². The Balaban J connectivity index is 1.43. The van der Waals surface area contributed by atoms with E-state index in [1.807, 2.05) is 24.3 Å². The molecule has 0 fully saturated rings. The van der Waals surface area contributed by atoms with Crippen LogP contribution in [0, 0.1) is 0 Å². The van der Waals surface area contributed by atoms with Crippen LogP contribution in [0.5, 0.6) is 11.5 Å². The van der Waals surface area contributed by atoms with Gasteiger partial charge < -0.3 is 29.2 Å². The van der Waals surface area contributed by atoms with Crippen LogP contribution >= 0.6 is 0 Å². The Morgan fingerprint density at radius 3 is 1.59 bits per heavy atom. The van der Waals surface area contributed by atoms with Crippen molar-refractivity contribution >= 4 is 5.97 Å². The number of aromatic carboxylic acids is 1. The monoisotopic (exact) mass is 376 g/mol. The topological polar surface area (TPSA) is 94.5 Å². The molecule has 0 unspecified atom stereocenters. The molecule has 0 aliphatic rings. The highest BCUT2D eigenvalue weighted by Gasteiger charge is 2.02. The standard InChI is InChI=1S/C20H24O7/c21-15-16-1-5-18(6-2-16)26-13-11-24-9-10-25-12-14-27-19-7-3-17(4-8-19)20(22)23/h1-8,21H,9-15H2,(H,22,23). The van der Waals surface area contributed by atoms with Gasteiger partial charge in [0.1, 0.15) is 24.7 Å². The maximum Gasteiger partial charge on any atom is 0.335 e. The van der Waals surface area contributed by atoms with Crippen LogP contribution in [-0.4, -0.2) is 55.8 Å². The van der Waals surface area contributed by atoms with Gasteiger partial charge in [-0.15, -0.1) is 0 Å². The normalized spacial score (nSPS) is 10.6. The molecule has 0 aromatic heterocycles. The molecule has 27 heavy (non-hydrogen) atoms. The number of benzene rings is 2. The fraction of sp³-hybridized carbons (Fsp3) is 0.350. The smallest absolute Gasteiger partial charge is 0.335 e. The number of hydrogen-bond donors (Lipinski definition) is 2. The Morgan fingerprint density at radius 2 is 1.15 bits per heavy atom. The summed E-state index contributed by atoms with van der Waals surface area (Å²) in [5, 5.41) is 17.8. The molecule has 0 amide bonds. The van der Waals surface area contributed by atoms with Crippen LogP contribution in [0.1, 0.15) is 15.9 Å². The van der Waals surface area contributed by atoms with Gasteiger partial charge in [-0.1, -0.05) is 12.1 Å². The van der Waals surface area contributed by atoms with E-state index in [0.29, 0.717) is 45.4 Å². The van der Waals surface area contributed by atoms with Crippen LogP contribution in [0.2, 0.25) is 0 Å². The summed E-state index contributed by atoms with van der Waals surface area (Å²) in [5.74, 6) is 0.375. The molecule has 2 aromatic carbocycles. The first-order chi connectivity index (χ1) is 13.2. The Morgan fingerprint density at radius 1 is 0.704 bits per heavy atom. The zero-order chi connectivity index (χ0) is 19.3. The number of carbonyl (C=O) groups is 1. The van der Waals surface area contributed by atoms with Crippen molar-refractivity contribution in [1.82, 2.24) is 0 Å². The molecule has 0 aliphatic heterocycles. The lowest BCUT2D eigenvalue weighted by atomic mass is 10.2. The third-order valence-electron chi connectivity index (χ3n) is 3.57. The summed E-state index contributed by atoms with van der Waals surface area (Å²) in [5.41, 5.74) is 1.07. The molecular weight excluding hydrogens is 352 g/mol. The number of carboxylic acids is 1. The zero-order valence-corrected chi connectivity index (χ0v) is 15.0. The van der Waals surface area contributed by atoms with Gasteiger partial charge in [0.2, 0.25) is 0 Å². The second kappa shape index (κ2) is 11.9. The lowest BCUT2D eigenvalue weighted by molar-refractivity contribution is 0.0273. The van der Waals surface area contributed by atoms with E-state index in [4.69, 9.17) is 29.2 Å². The first-order valence-corrected chi connectivity index (χ1v) is 8.63. The van der Waals surface area contributed by atoms with Gasteiger partial charge in [0, 0.05) is 0 Å². The molecule has 2 N–H and O–H groups in total. The van der Waals surface area contributed by atoms with Crippen LogP contribution in [-0.2, 0) is 16.1 Å². The van der Waals surface area contributed by atoms with Crippen LogP contribution in [0.15, 0.2) is 48.5 Å². The summed E-state index contributed by atoms with van der Waals surface area (Å²) in [6.45, 7) is 2.61. The van der Waals surface area contributed by atoms with Gasteiger partial charge in [-0.25, -0.2) is 4.79 Å². The molecule has 2 aromatic rings. The number of aliphatic hydroxyl groups excluding tert-OH is 1. The van der Waals surface area contributed by atoms with Gasteiger partial charge in [-0.3, -0.25) is 0 Å². The highest BCUT2D eigenvalue weighted by molar-refractivity contribution is 5.87. The fourth-order valence-electron chi connectivity index (χ4n) is 2.14. The summed E-state index contributed by atoms with van der Waals surface area (Å²) in [4.78, 5) is 10.7. The van der Waals surface area contributed by atoms with E-state index in [1.54, 1.807) is 12.1 Å². The maximum atomic E-state index is 10.7. The molecule has 0 saturated heterocycles. The first kappa shape index (κ1) is 20.7. The minimum atomic E-state index is -0.963. The summed E-state index contributed by atoms with van der Waals surface area (Å²) < 4.78 is 21.8. The Bertz CT molecular complexity index is 668. The summed E-state index contributed by atoms with van der Waals surface area (Å²) >= 11 is 0. The molecule has 146 valence electrons. The molecule has 0 spiro atoms. The molecule has 0 radical (unpaired) electrons. The van der Waals surface area contributed by atoms with E-state index in [0.717, 1.165) is 11.3 Å². The van der Waals surface area contributed by atoms with Crippen LogP contribution in [0.3, 0.4) is 0 Å². The second-order valence-electron chi connectivity index (χ2n) is 5.55. The molecule has 7 nitrogen and oxygen atoms in total. The largest absolute Gasteiger partial charge is 0.491 e. The molecule has 0 aliphatic carbocycles. The van der Waals surface area contributed by atoms with Crippen LogP contribution in [0.4, 0.5) is 0 Å². The van der Waals surface area contributed by atoms with E-state index in [1.165, 1.54) is 12.1 Å². The van der Waals surface area contributed by atoms with Crippen molar-refractivity contribution in [2.75, 3.05) is 39.6 Å². The van der Waals surface area contributed by atoms with Crippen molar-refractivity contribution in [3.63, 3.8) is 0 Å². The predicted molar refractivity (Wildman–Crippen MR) is 98.4 cm³/mol. The minimum Gasteiger partial charge on any atom is -0.491 e. The summed E-state index contributed by atoms with van der Waals surface area (Å²) in [6.07, 6.45) is 0. The number of carboxylic acid groups (broad SMARTS) is 1. The van der Waals surface area contributed by atoms with Crippen molar-refractivity contribution in [2.24, 2.45) is 0 Å². The molecule has 0 heterocycles. The molecule has 7 heteroatoms. The first-order valence-electron chi connectivity index (χ1n) is 8.63. The third-order valence-corrected chi connectivity index (χ3v) is 3.57. The second-order valence-corrected chi connectivity index (χ2v) is 5.55. The van der Waals surface area contributed by atoms with Gasteiger partial charge in [-0.05, 0) is 42.0 Å². The van der Waals surface area contributed by atoms with E-state index < -0.39 is 5.97 Å². The average Bonchev–Trinajstić information content (AvgIpc) is 2.70. The van der Waals surface area contributed by atoms with Crippen molar-refractivity contribution in [3.8, 4) is 11.5 Å². The van der Waals surface area contributed by atoms with Gasteiger partial charge in [-0.2, -0.15) is 0 Å². The molecule has 2 rings (SSSR count). The molecular formula is C20H24O7. The molecule has 0 atom stereocenters. The van der Waals surface area contributed by atoms with Crippen LogP contribution in [0.25, 0.3) is 0 Å². The van der Waals surface area contributed by atoms with E-state index >= 15 is 0 Å². The Labute approximate surface area is 158 Å². The highest BCUT2D eigenvalue weighted by Crippen LogP contribution is 2.12. The van der Waals surface area contributed by atoms with Crippen molar-refractivity contribution < 1.29 is 34.0 Å². The average molecular weight is 376 g/mol. The van der Waals surface area contributed by atoms with Gasteiger partial charge in [0.05, 0.1) is 38.6 Å². The summed E-state index contributed by atoms with van der Waals surface area (Å²) in [6, 6.07) is 13.5. The fourth-order valence-corrected chi connectivity index (χ4v) is 2.14. The van der Waals surface area contributed by atoms with Gasteiger partial charge in [0.25, 0.3) is 0 Å². The lowest BCUT2D eigenvalue weighted by Crippen LogP contribution is -2.13. The van der Waals surface area contributed by atoms with E-state index in [-0.39, 0.29) is 12.2 Å². The molecule has 0 saturated carbocycles. The number of hydrogen-bond acceptors (Lipinski definition) is 6. The predicted octanol–water partition coefficient (Wildman–Crippen LogP) is 2.37. The number of aliphatic hydroxyl groups is 1. The van der Waals surface area contributed by atoms with Gasteiger partial charge >= 0.3 is 5.97 Å². The van der Waals surface area contributed by atoms with Gasteiger partial charge in [0.15, 0.2) is 0 Å². The zero-order valence-electron chi connectivity index (χ0n) is 15.0. The maximum absolute atomic E-state index is 10.7. The SMILES string of the molecule is O=C(O)c1ccc(OCCOCCOCCOc2ccc(CO)cc2)cc1. The lowest BCUT2D eigenvalue weighted by Gasteiger charge is -2.09. The number of rotatable bonds is 13. The quantitative estimate of drug-likeness (QED) is 0.518. The molecule has 0 bridgehead atoms.